The maximum atomic E-state index is 12.7. The van der Waals surface area contributed by atoms with Gasteiger partial charge in [-0.15, -0.1) is 0 Å². The Labute approximate surface area is 155 Å². The molecule has 1 aromatic carbocycles. The van der Waals surface area contributed by atoms with Gasteiger partial charge in [-0.1, -0.05) is 18.2 Å². The number of aliphatic hydroxyl groups excluding tert-OH is 1. The molecule has 2 N–H and O–H groups in total. The summed E-state index contributed by atoms with van der Waals surface area (Å²) in [6.45, 7) is 3.85. The molecule has 2 saturated heterocycles. The van der Waals surface area contributed by atoms with Crippen molar-refractivity contribution in [1.82, 2.24) is 9.80 Å². The van der Waals surface area contributed by atoms with Crippen LogP contribution in [0.5, 0.6) is 5.75 Å². The van der Waals surface area contributed by atoms with Crippen LogP contribution in [0.3, 0.4) is 0 Å². The number of aliphatic hydroxyl groups is 1. The van der Waals surface area contributed by atoms with Crippen LogP contribution in [0.25, 0.3) is 0 Å². The predicted molar refractivity (Wildman–Crippen MR) is 99.8 cm³/mol. The zero-order valence-electron chi connectivity index (χ0n) is 15.4. The van der Waals surface area contributed by atoms with Gasteiger partial charge in [-0.3, -0.25) is 9.69 Å². The van der Waals surface area contributed by atoms with Crippen molar-refractivity contribution in [2.45, 2.75) is 50.7 Å². The van der Waals surface area contributed by atoms with Crippen LogP contribution in [0.1, 0.15) is 37.7 Å². The van der Waals surface area contributed by atoms with Crippen molar-refractivity contribution in [1.29, 1.82) is 0 Å². The topological polar surface area (TPSA) is 64.0 Å². The minimum Gasteiger partial charge on any atom is -0.508 e. The Morgan fingerprint density at radius 2 is 1.77 bits per heavy atom. The van der Waals surface area contributed by atoms with E-state index in [1.807, 2.05) is 17.0 Å². The van der Waals surface area contributed by atoms with Crippen LogP contribution in [0, 0.1) is 11.8 Å². The van der Waals surface area contributed by atoms with Crippen molar-refractivity contribution in [2.24, 2.45) is 11.8 Å². The molecule has 2 heterocycles. The highest BCUT2D eigenvalue weighted by Gasteiger charge is 2.44. The molecule has 142 valence electrons. The molecule has 3 aliphatic rings. The Kier molecular flexibility index (Phi) is 5.18. The highest BCUT2D eigenvalue weighted by atomic mass is 16.3. The van der Waals surface area contributed by atoms with Crippen LogP contribution >= 0.6 is 0 Å². The van der Waals surface area contributed by atoms with E-state index in [1.54, 1.807) is 12.1 Å². The Bertz CT molecular complexity index is 644. The highest BCUT2D eigenvalue weighted by molar-refractivity contribution is 5.77. The lowest BCUT2D eigenvalue weighted by Crippen LogP contribution is -2.48. The predicted octanol–water partition coefficient (Wildman–Crippen LogP) is 2.02. The summed E-state index contributed by atoms with van der Waals surface area (Å²) in [4.78, 5) is 17.1. The number of nitrogens with zero attached hydrogens (tertiary/aromatic N) is 2. The molecular formula is C21H30N2O3. The van der Waals surface area contributed by atoms with Gasteiger partial charge in [-0.05, 0) is 68.7 Å². The Morgan fingerprint density at radius 1 is 1.08 bits per heavy atom. The first kappa shape index (κ1) is 17.8. The van der Waals surface area contributed by atoms with Gasteiger partial charge in [0.05, 0.1) is 6.10 Å². The first-order valence-electron chi connectivity index (χ1n) is 10.1. The van der Waals surface area contributed by atoms with Crippen LogP contribution in [-0.2, 0) is 11.2 Å². The zero-order valence-corrected chi connectivity index (χ0v) is 15.4. The minimum absolute atomic E-state index is 0.176. The van der Waals surface area contributed by atoms with Gasteiger partial charge < -0.3 is 15.1 Å². The maximum absolute atomic E-state index is 12.7. The summed E-state index contributed by atoms with van der Waals surface area (Å²) < 4.78 is 0. The second-order valence-corrected chi connectivity index (χ2v) is 8.30. The lowest BCUT2D eigenvalue weighted by molar-refractivity contribution is -0.130. The molecule has 4 rings (SSSR count). The first-order valence-corrected chi connectivity index (χ1v) is 10.1. The number of aromatic hydroxyl groups is 1. The number of carbonyl (C=O) groups excluding carboxylic acids is 1. The second kappa shape index (κ2) is 7.57. The second-order valence-electron chi connectivity index (χ2n) is 8.30. The van der Waals surface area contributed by atoms with Crippen molar-refractivity contribution < 1.29 is 15.0 Å². The van der Waals surface area contributed by atoms with Gasteiger partial charge in [0.25, 0.3) is 0 Å². The normalized spacial score (nSPS) is 32.0. The Hall–Kier alpha value is -1.59. The molecule has 26 heavy (non-hydrogen) atoms. The van der Waals surface area contributed by atoms with Crippen LogP contribution in [-0.4, -0.2) is 64.2 Å². The first-order chi connectivity index (χ1) is 12.6. The van der Waals surface area contributed by atoms with Crippen molar-refractivity contribution in [3.63, 3.8) is 0 Å². The number of phenols is 1. The van der Waals surface area contributed by atoms with E-state index in [2.05, 4.69) is 4.90 Å². The molecule has 1 saturated carbocycles. The number of rotatable bonds is 4. The third-order valence-electron chi connectivity index (χ3n) is 6.67. The molecule has 1 aromatic rings. The van der Waals surface area contributed by atoms with Crippen molar-refractivity contribution in [3.8, 4) is 5.75 Å². The van der Waals surface area contributed by atoms with Crippen LogP contribution in [0.4, 0.5) is 0 Å². The zero-order chi connectivity index (χ0) is 18.1. The van der Waals surface area contributed by atoms with Gasteiger partial charge in [-0.2, -0.15) is 0 Å². The van der Waals surface area contributed by atoms with Gasteiger partial charge in [0, 0.05) is 25.6 Å². The molecule has 0 radical (unpaired) electrons. The molecule has 5 nitrogen and oxygen atoms in total. The lowest BCUT2D eigenvalue weighted by Gasteiger charge is -2.40. The third-order valence-corrected chi connectivity index (χ3v) is 6.67. The summed E-state index contributed by atoms with van der Waals surface area (Å²) in [6, 6.07) is 7.53. The summed E-state index contributed by atoms with van der Waals surface area (Å²) in [5.74, 6) is 1.41. The van der Waals surface area contributed by atoms with E-state index in [4.69, 9.17) is 0 Å². The summed E-state index contributed by atoms with van der Waals surface area (Å²) in [7, 11) is 0. The summed E-state index contributed by atoms with van der Waals surface area (Å²) in [5, 5.41) is 20.5. The third kappa shape index (κ3) is 3.60. The molecular weight excluding hydrogens is 328 g/mol. The van der Waals surface area contributed by atoms with Crippen LogP contribution in [0.2, 0.25) is 0 Å². The highest BCUT2D eigenvalue weighted by Crippen LogP contribution is 2.39. The number of phenolic OH excluding ortho intramolecular Hbond substituents is 1. The number of aryl methyl sites for hydroxylation is 1. The molecule has 2 aliphatic heterocycles. The fraction of sp³-hybridized carbons (Fsp3) is 0.667. The van der Waals surface area contributed by atoms with Crippen LogP contribution in [0.15, 0.2) is 24.3 Å². The largest absolute Gasteiger partial charge is 0.508 e. The van der Waals surface area contributed by atoms with E-state index in [1.165, 1.54) is 12.8 Å². The number of para-hydroxylation sites is 1. The lowest BCUT2D eigenvalue weighted by atomic mass is 9.77. The molecule has 0 aromatic heterocycles. The van der Waals surface area contributed by atoms with Gasteiger partial charge in [0.2, 0.25) is 5.91 Å². The minimum atomic E-state index is -0.245. The van der Waals surface area contributed by atoms with E-state index in [9.17, 15) is 15.0 Å². The fourth-order valence-corrected chi connectivity index (χ4v) is 5.20. The smallest absolute Gasteiger partial charge is 0.222 e. The number of likely N-dealkylation sites (tertiary alicyclic amines) is 2. The fourth-order valence-electron chi connectivity index (χ4n) is 5.20. The average molecular weight is 358 g/mol. The van der Waals surface area contributed by atoms with E-state index in [0.29, 0.717) is 24.7 Å². The quantitative estimate of drug-likeness (QED) is 0.864. The molecule has 0 bridgehead atoms. The van der Waals surface area contributed by atoms with Gasteiger partial charge in [0.1, 0.15) is 5.75 Å². The molecule has 4 atom stereocenters. The van der Waals surface area contributed by atoms with E-state index >= 15 is 0 Å². The van der Waals surface area contributed by atoms with E-state index in [-0.39, 0.29) is 23.8 Å². The molecule has 5 heteroatoms. The summed E-state index contributed by atoms with van der Waals surface area (Å²) >= 11 is 0. The maximum Gasteiger partial charge on any atom is 0.222 e. The summed E-state index contributed by atoms with van der Waals surface area (Å²) in [5.41, 5.74) is 0.835. The SMILES string of the molecule is O=C(CCc1ccccc1O)N1C[C@H]2C[C@@H](N3CCCC3)[C@H](O)C[C@H]2C1. The van der Waals surface area contributed by atoms with Gasteiger partial charge in [0.15, 0.2) is 0 Å². The van der Waals surface area contributed by atoms with Crippen molar-refractivity contribution >= 4 is 5.91 Å². The van der Waals surface area contributed by atoms with Gasteiger partial charge >= 0.3 is 0 Å². The molecule has 1 aliphatic carbocycles. The molecule has 0 unspecified atom stereocenters. The van der Waals surface area contributed by atoms with E-state index < -0.39 is 0 Å². The monoisotopic (exact) mass is 358 g/mol. The van der Waals surface area contributed by atoms with Crippen molar-refractivity contribution in [3.05, 3.63) is 29.8 Å². The number of carbonyl (C=O) groups is 1. The number of hydrogen-bond donors (Lipinski definition) is 2. The Morgan fingerprint density at radius 3 is 2.50 bits per heavy atom. The molecule has 0 spiro atoms. The standard InChI is InChI=1S/C21H30N2O3/c24-19-6-2-1-5-15(19)7-8-21(26)23-13-16-11-18(22-9-3-4-10-22)20(25)12-17(16)14-23/h1-2,5-6,16-18,20,24-25H,3-4,7-14H2/t16-,17+,18-,20-/m1/s1. The number of benzene rings is 1. The molecule has 1 amide bonds. The average Bonchev–Trinajstić information content (AvgIpc) is 3.29. The van der Waals surface area contributed by atoms with Crippen molar-refractivity contribution in [2.75, 3.05) is 26.2 Å². The number of amides is 1. The Balaban J connectivity index is 1.33. The van der Waals surface area contributed by atoms with Gasteiger partial charge in [-0.25, -0.2) is 0 Å². The molecule has 3 fully saturated rings. The number of hydrogen-bond acceptors (Lipinski definition) is 4. The van der Waals surface area contributed by atoms with E-state index in [0.717, 1.165) is 44.6 Å². The summed E-state index contributed by atoms with van der Waals surface area (Å²) in [6.07, 6.45) is 5.11. The number of fused-ring (bicyclic) bond motifs is 1. The van der Waals surface area contributed by atoms with Crippen LogP contribution < -0.4 is 0 Å².